The number of hydrogen-bond acceptors (Lipinski definition) is 5. The molecule has 0 saturated heterocycles. The minimum Gasteiger partial charge on any atom is -0.340 e. The third-order valence-electron chi connectivity index (χ3n) is 3.54. The van der Waals surface area contributed by atoms with Crippen LogP contribution in [0.3, 0.4) is 0 Å². The van der Waals surface area contributed by atoms with Gasteiger partial charge in [-0.05, 0) is 37.6 Å². The van der Waals surface area contributed by atoms with Gasteiger partial charge in [-0.25, -0.2) is 9.97 Å². The molecule has 0 aliphatic rings. The summed E-state index contributed by atoms with van der Waals surface area (Å²) in [7, 11) is 1.78. The molecule has 1 N–H and O–H groups in total. The number of nitrogens with zero attached hydrogens (tertiary/aromatic N) is 4. The molecule has 0 spiro atoms. The van der Waals surface area contributed by atoms with Crippen molar-refractivity contribution in [1.29, 1.82) is 5.26 Å². The summed E-state index contributed by atoms with van der Waals surface area (Å²) in [5.41, 5.74) is 1.76. The quantitative estimate of drug-likeness (QED) is 0.882. The van der Waals surface area contributed by atoms with Crippen molar-refractivity contribution in [1.82, 2.24) is 14.9 Å². The van der Waals surface area contributed by atoms with Crippen molar-refractivity contribution in [3.05, 3.63) is 47.4 Å². The Morgan fingerprint density at radius 2 is 2.00 bits per heavy atom. The molecule has 1 amide bonds. The average Bonchev–Trinajstić information content (AvgIpc) is 2.59. The molecule has 1 heterocycles. The first-order chi connectivity index (χ1) is 11.5. The third kappa shape index (κ3) is 4.53. The first kappa shape index (κ1) is 17.4. The molecule has 0 fully saturated rings. The maximum absolute atomic E-state index is 12.5. The predicted octanol–water partition coefficient (Wildman–Crippen LogP) is 3.27. The molecule has 2 rings (SSSR count). The van der Waals surface area contributed by atoms with Crippen molar-refractivity contribution in [2.75, 3.05) is 18.9 Å². The lowest BCUT2D eigenvalue weighted by atomic mass is 10.2. The van der Waals surface area contributed by atoms with Gasteiger partial charge in [-0.1, -0.05) is 13.3 Å². The zero-order valence-corrected chi connectivity index (χ0v) is 14.2. The second-order valence-corrected chi connectivity index (χ2v) is 5.58. The van der Waals surface area contributed by atoms with Crippen LogP contribution in [0.1, 0.15) is 41.6 Å². The normalized spacial score (nSPS) is 10.1. The summed E-state index contributed by atoms with van der Waals surface area (Å²) in [6, 6.07) is 10.8. The molecule has 0 bridgehead atoms. The summed E-state index contributed by atoms with van der Waals surface area (Å²) in [5.74, 6) is 0.970. The molecule has 0 atom stereocenters. The van der Waals surface area contributed by atoms with Crippen molar-refractivity contribution >= 4 is 17.4 Å². The van der Waals surface area contributed by atoms with Crippen LogP contribution in [0.4, 0.5) is 11.5 Å². The van der Waals surface area contributed by atoms with Crippen LogP contribution >= 0.6 is 0 Å². The number of carbonyl (C=O) groups is 1. The Balaban J connectivity index is 2.18. The van der Waals surface area contributed by atoms with Crippen molar-refractivity contribution in [2.24, 2.45) is 0 Å². The number of aryl methyl sites for hydroxylation is 1. The van der Waals surface area contributed by atoms with E-state index in [1.807, 2.05) is 0 Å². The zero-order valence-electron chi connectivity index (χ0n) is 14.2. The van der Waals surface area contributed by atoms with Gasteiger partial charge in [0.15, 0.2) is 0 Å². The van der Waals surface area contributed by atoms with Gasteiger partial charge >= 0.3 is 0 Å². The van der Waals surface area contributed by atoms with Crippen LogP contribution in [0.15, 0.2) is 30.3 Å². The Morgan fingerprint density at radius 3 is 2.62 bits per heavy atom. The van der Waals surface area contributed by atoms with Crippen molar-refractivity contribution < 1.29 is 4.79 Å². The van der Waals surface area contributed by atoms with Crippen LogP contribution in [0.5, 0.6) is 0 Å². The number of amides is 1. The number of unbranched alkanes of at least 4 members (excludes halogenated alkanes) is 1. The van der Waals surface area contributed by atoms with E-state index in [0.29, 0.717) is 29.4 Å². The second-order valence-electron chi connectivity index (χ2n) is 5.58. The van der Waals surface area contributed by atoms with E-state index >= 15 is 0 Å². The van der Waals surface area contributed by atoms with E-state index in [4.69, 9.17) is 5.26 Å². The highest BCUT2D eigenvalue weighted by Crippen LogP contribution is 2.17. The van der Waals surface area contributed by atoms with Crippen LogP contribution in [-0.4, -0.2) is 34.4 Å². The Labute approximate surface area is 142 Å². The summed E-state index contributed by atoms with van der Waals surface area (Å²) in [4.78, 5) is 22.7. The minimum absolute atomic E-state index is 0.114. The molecule has 24 heavy (non-hydrogen) atoms. The molecular weight excluding hydrogens is 302 g/mol. The van der Waals surface area contributed by atoms with Gasteiger partial charge in [-0.3, -0.25) is 4.79 Å². The van der Waals surface area contributed by atoms with Crippen LogP contribution in [-0.2, 0) is 0 Å². The van der Waals surface area contributed by atoms with Gasteiger partial charge in [-0.15, -0.1) is 0 Å². The Hall–Kier alpha value is -2.94. The fourth-order valence-electron chi connectivity index (χ4n) is 2.21. The SMILES string of the molecule is CCCCN(C)C(=O)c1cc(Nc2ccc(C#N)cc2)nc(C)n1. The number of rotatable bonds is 6. The van der Waals surface area contributed by atoms with E-state index in [-0.39, 0.29) is 5.91 Å². The highest BCUT2D eigenvalue weighted by atomic mass is 16.2. The van der Waals surface area contributed by atoms with Crippen molar-refractivity contribution in [3.63, 3.8) is 0 Å². The van der Waals surface area contributed by atoms with Gasteiger partial charge in [0, 0.05) is 25.3 Å². The van der Waals surface area contributed by atoms with Crippen LogP contribution < -0.4 is 5.32 Å². The molecule has 0 aliphatic carbocycles. The number of nitrogens with one attached hydrogen (secondary N) is 1. The molecule has 2 aromatic rings. The molecule has 1 aromatic heterocycles. The van der Waals surface area contributed by atoms with E-state index in [1.165, 1.54) is 0 Å². The minimum atomic E-state index is -0.114. The van der Waals surface area contributed by atoms with Crippen LogP contribution in [0.25, 0.3) is 0 Å². The molecular formula is C18H21N5O. The molecule has 6 heteroatoms. The smallest absolute Gasteiger partial charge is 0.272 e. The number of benzene rings is 1. The molecule has 0 saturated carbocycles. The average molecular weight is 323 g/mol. The van der Waals surface area contributed by atoms with Crippen molar-refractivity contribution in [3.8, 4) is 6.07 Å². The maximum Gasteiger partial charge on any atom is 0.272 e. The highest BCUT2D eigenvalue weighted by molar-refractivity contribution is 5.93. The van der Waals surface area contributed by atoms with Crippen molar-refractivity contribution in [2.45, 2.75) is 26.7 Å². The monoisotopic (exact) mass is 323 g/mol. The van der Waals surface area contributed by atoms with E-state index in [9.17, 15) is 4.79 Å². The third-order valence-corrected chi connectivity index (χ3v) is 3.54. The van der Waals surface area contributed by atoms with Crippen LogP contribution in [0.2, 0.25) is 0 Å². The first-order valence-corrected chi connectivity index (χ1v) is 7.92. The lowest BCUT2D eigenvalue weighted by Crippen LogP contribution is -2.28. The molecule has 1 aromatic carbocycles. The molecule has 6 nitrogen and oxygen atoms in total. The topological polar surface area (TPSA) is 81.9 Å². The van der Waals surface area contributed by atoms with Gasteiger partial charge in [0.1, 0.15) is 17.3 Å². The van der Waals surface area contributed by atoms with E-state index < -0.39 is 0 Å². The summed E-state index contributed by atoms with van der Waals surface area (Å²) in [6.45, 7) is 4.55. The van der Waals surface area contributed by atoms with Crippen LogP contribution in [0, 0.1) is 18.3 Å². The fraction of sp³-hybridized carbons (Fsp3) is 0.333. The lowest BCUT2D eigenvalue weighted by Gasteiger charge is -2.17. The predicted molar refractivity (Wildman–Crippen MR) is 93.1 cm³/mol. The number of hydrogen-bond donors (Lipinski definition) is 1. The Kier molecular flexibility index (Phi) is 5.85. The largest absolute Gasteiger partial charge is 0.340 e. The molecule has 0 unspecified atom stereocenters. The maximum atomic E-state index is 12.5. The first-order valence-electron chi connectivity index (χ1n) is 7.92. The Morgan fingerprint density at radius 1 is 1.29 bits per heavy atom. The molecule has 0 radical (unpaired) electrons. The summed E-state index contributed by atoms with van der Waals surface area (Å²) < 4.78 is 0. The number of carbonyl (C=O) groups excluding carboxylic acids is 1. The van der Waals surface area contributed by atoms with Gasteiger partial charge in [0.25, 0.3) is 5.91 Å². The fourth-order valence-corrected chi connectivity index (χ4v) is 2.21. The highest BCUT2D eigenvalue weighted by Gasteiger charge is 2.15. The number of aromatic nitrogens is 2. The van der Waals surface area contributed by atoms with E-state index in [0.717, 1.165) is 18.5 Å². The van der Waals surface area contributed by atoms with Gasteiger partial charge in [0.05, 0.1) is 11.6 Å². The number of nitriles is 1. The van der Waals surface area contributed by atoms with E-state index in [2.05, 4.69) is 28.3 Å². The summed E-state index contributed by atoms with van der Waals surface area (Å²) in [5, 5.41) is 12.0. The van der Waals surface area contributed by atoms with E-state index in [1.54, 1.807) is 49.2 Å². The Bertz CT molecular complexity index is 749. The summed E-state index contributed by atoms with van der Waals surface area (Å²) in [6.07, 6.45) is 1.99. The summed E-state index contributed by atoms with van der Waals surface area (Å²) >= 11 is 0. The van der Waals surface area contributed by atoms with Gasteiger partial charge in [0.2, 0.25) is 0 Å². The van der Waals surface area contributed by atoms with Gasteiger partial charge in [-0.2, -0.15) is 5.26 Å². The second kappa shape index (κ2) is 8.06. The number of anilines is 2. The molecule has 0 aliphatic heterocycles. The van der Waals surface area contributed by atoms with Gasteiger partial charge < -0.3 is 10.2 Å². The standard InChI is InChI=1S/C18H21N5O/c1-4-5-10-23(3)18(24)16-11-17(21-13(2)20-16)22-15-8-6-14(12-19)7-9-15/h6-9,11H,4-5,10H2,1-3H3,(H,20,21,22). The zero-order chi connectivity index (χ0) is 17.5. The lowest BCUT2D eigenvalue weighted by molar-refractivity contribution is 0.0787. The molecule has 124 valence electrons.